The number of hydrogen-bond acceptors (Lipinski definition) is 5. The summed E-state index contributed by atoms with van der Waals surface area (Å²) in [5.74, 6) is 0.0279. The van der Waals surface area contributed by atoms with Crippen molar-refractivity contribution in [3.8, 4) is 10.6 Å². The molecule has 4 aromatic rings. The quantitative estimate of drug-likeness (QED) is 0.456. The van der Waals surface area contributed by atoms with Crippen LogP contribution in [0.15, 0.2) is 47.8 Å². The fourth-order valence-electron chi connectivity index (χ4n) is 4.19. The van der Waals surface area contributed by atoms with Crippen LogP contribution in [0.25, 0.3) is 21.6 Å². The standard InChI is InChI=1S/C23H22ClN5OS/c1-15-21-16(14-18(20-8-5-13-31-20)25-22(21)27(2)26-15)23(30)29-11-9-28(10-12-29)19-7-4-3-6-17(19)24/h3-8,13-14H,9-12H2,1-2H3. The van der Waals surface area contributed by atoms with E-state index < -0.39 is 0 Å². The van der Waals surface area contributed by atoms with Gasteiger partial charge in [-0.3, -0.25) is 9.48 Å². The van der Waals surface area contributed by atoms with Crippen LogP contribution in [0.4, 0.5) is 5.69 Å². The average Bonchev–Trinajstić information content (AvgIpc) is 3.42. The van der Waals surface area contributed by atoms with Gasteiger partial charge in [-0.05, 0) is 36.6 Å². The highest BCUT2D eigenvalue weighted by Crippen LogP contribution is 2.31. The number of hydrogen-bond donors (Lipinski definition) is 0. The second-order valence-corrected chi connectivity index (χ2v) is 9.03. The molecular formula is C23H22ClN5OS. The fraction of sp³-hybridized carbons (Fsp3) is 0.261. The van der Waals surface area contributed by atoms with Crippen molar-refractivity contribution in [2.24, 2.45) is 7.05 Å². The molecule has 0 atom stereocenters. The van der Waals surface area contributed by atoms with E-state index in [1.807, 2.05) is 66.7 Å². The summed E-state index contributed by atoms with van der Waals surface area (Å²) in [5, 5.41) is 8.12. The Morgan fingerprint density at radius 2 is 1.87 bits per heavy atom. The molecule has 0 spiro atoms. The fourth-order valence-corrected chi connectivity index (χ4v) is 5.13. The minimum absolute atomic E-state index is 0.0279. The summed E-state index contributed by atoms with van der Waals surface area (Å²) in [6.45, 7) is 4.70. The molecule has 5 rings (SSSR count). The molecule has 8 heteroatoms. The SMILES string of the molecule is Cc1nn(C)c2nc(-c3cccs3)cc(C(=O)N3CCN(c4ccccc4Cl)CC3)c12. The molecule has 1 aliphatic heterocycles. The molecule has 158 valence electrons. The molecule has 1 aromatic carbocycles. The average molecular weight is 452 g/mol. The second kappa shape index (κ2) is 7.98. The number of carbonyl (C=O) groups is 1. The zero-order chi connectivity index (χ0) is 21.5. The number of thiophene rings is 1. The minimum Gasteiger partial charge on any atom is -0.367 e. The van der Waals surface area contributed by atoms with Gasteiger partial charge in [-0.2, -0.15) is 5.10 Å². The first-order valence-corrected chi connectivity index (χ1v) is 11.5. The normalized spacial score (nSPS) is 14.4. The van der Waals surface area contributed by atoms with Crippen molar-refractivity contribution in [3.63, 3.8) is 0 Å². The highest BCUT2D eigenvalue weighted by molar-refractivity contribution is 7.13. The van der Waals surface area contributed by atoms with Crippen LogP contribution in [0.1, 0.15) is 16.1 Å². The smallest absolute Gasteiger partial charge is 0.254 e. The third-order valence-electron chi connectivity index (χ3n) is 5.73. The van der Waals surface area contributed by atoms with E-state index in [-0.39, 0.29) is 5.91 Å². The van der Waals surface area contributed by atoms with Crippen LogP contribution in [0, 0.1) is 6.92 Å². The van der Waals surface area contributed by atoms with Crippen LogP contribution in [0.5, 0.6) is 0 Å². The molecule has 4 heterocycles. The van der Waals surface area contributed by atoms with Crippen LogP contribution in [0.3, 0.4) is 0 Å². The van der Waals surface area contributed by atoms with E-state index in [4.69, 9.17) is 16.6 Å². The third kappa shape index (κ3) is 3.58. The van der Waals surface area contributed by atoms with E-state index in [0.717, 1.165) is 51.1 Å². The summed E-state index contributed by atoms with van der Waals surface area (Å²) in [6.07, 6.45) is 0. The molecule has 1 aliphatic rings. The predicted molar refractivity (Wildman–Crippen MR) is 126 cm³/mol. The van der Waals surface area contributed by atoms with Gasteiger partial charge in [0.1, 0.15) is 0 Å². The number of fused-ring (bicyclic) bond motifs is 1. The third-order valence-corrected chi connectivity index (χ3v) is 6.94. The van der Waals surface area contributed by atoms with Crippen LogP contribution in [0.2, 0.25) is 5.02 Å². The molecular weight excluding hydrogens is 430 g/mol. The number of halogens is 1. The Hall–Kier alpha value is -2.90. The number of rotatable bonds is 3. The second-order valence-electron chi connectivity index (χ2n) is 7.67. The molecule has 0 bridgehead atoms. The van der Waals surface area contributed by atoms with Crippen LogP contribution in [-0.2, 0) is 7.05 Å². The van der Waals surface area contributed by atoms with Crippen molar-refractivity contribution in [1.82, 2.24) is 19.7 Å². The summed E-state index contributed by atoms with van der Waals surface area (Å²) in [5.41, 5.74) is 4.06. The lowest BCUT2D eigenvalue weighted by Gasteiger charge is -2.36. The minimum atomic E-state index is 0.0279. The number of amides is 1. The Balaban J connectivity index is 1.47. The number of benzene rings is 1. The van der Waals surface area contributed by atoms with Gasteiger partial charge in [0, 0.05) is 33.2 Å². The monoisotopic (exact) mass is 451 g/mol. The summed E-state index contributed by atoms with van der Waals surface area (Å²) in [6, 6.07) is 13.8. The lowest BCUT2D eigenvalue weighted by Crippen LogP contribution is -2.49. The van der Waals surface area contributed by atoms with Crippen molar-refractivity contribution >= 4 is 45.6 Å². The zero-order valence-corrected chi connectivity index (χ0v) is 19.0. The molecule has 3 aromatic heterocycles. The van der Waals surface area contributed by atoms with Crippen molar-refractivity contribution in [2.75, 3.05) is 31.1 Å². The summed E-state index contributed by atoms with van der Waals surface area (Å²) < 4.78 is 1.76. The Kier molecular flexibility index (Phi) is 5.16. The summed E-state index contributed by atoms with van der Waals surface area (Å²) in [7, 11) is 1.87. The van der Waals surface area contributed by atoms with Crippen LogP contribution < -0.4 is 4.90 Å². The Morgan fingerprint density at radius 3 is 2.58 bits per heavy atom. The molecule has 0 aliphatic carbocycles. The van der Waals surface area contributed by atoms with Crippen molar-refractivity contribution < 1.29 is 4.79 Å². The van der Waals surface area contributed by atoms with Gasteiger partial charge in [0.05, 0.1) is 37.9 Å². The molecule has 1 amide bonds. The van der Waals surface area contributed by atoms with Gasteiger partial charge >= 0.3 is 0 Å². The van der Waals surface area contributed by atoms with Crippen molar-refractivity contribution in [3.05, 3.63) is 64.1 Å². The van der Waals surface area contributed by atoms with Gasteiger partial charge < -0.3 is 9.80 Å². The highest BCUT2D eigenvalue weighted by Gasteiger charge is 2.27. The molecule has 1 saturated heterocycles. The number of anilines is 1. The Bertz CT molecular complexity index is 1260. The molecule has 1 fully saturated rings. The molecule has 6 nitrogen and oxygen atoms in total. The van der Waals surface area contributed by atoms with Crippen LogP contribution in [-0.4, -0.2) is 51.8 Å². The number of piperazine rings is 1. The number of aryl methyl sites for hydroxylation is 2. The zero-order valence-electron chi connectivity index (χ0n) is 17.4. The number of carbonyl (C=O) groups excluding carboxylic acids is 1. The van der Waals surface area contributed by atoms with Gasteiger partial charge in [0.2, 0.25) is 0 Å². The highest BCUT2D eigenvalue weighted by atomic mass is 35.5. The van der Waals surface area contributed by atoms with Crippen molar-refractivity contribution in [1.29, 1.82) is 0 Å². The lowest BCUT2D eigenvalue weighted by atomic mass is 10.1. The van der Waals surface area contributed by atoms with E-state index in [1.165, 1.54) is 0 Å². The first kappa shape index (κ1) is 20.0. The van der Waals surface area contributed by atoms with Crippen molar-refractivity contribution in [2.45, 2.75) is 6.92 Å². The number of aromatic nitrogens is 3. The summed E-state index contributed by atoms with van der Waals surface area (Å²) in [4.78, 5) is 23.6. The van der Waals surface area contributed by atoms with E-state index >= 15 is 0 Å². The Morgan fingerprint density at radius 1 is 1.10 bits per heavy atom. The van der Waals surface area contributed by atoms with Crippen LogP contribution >= 0.6 is 22.9 Å². The topological polar surface area (TPSA) is 54.3 Å². The van der Waals surface area contributed by atoms with E-state index in [1.54, 1.807) is 16.0 Å². The summed E-state index contributed by atoms with van der Waals surface area (Å²) >= 11 is 7.98. The molecule has 0 radical (unpaired) electrons. The van der Waals surface area contributed by atoms with Gasteiger partial charge in [0.15, 0.2) is 5.65 Å². The lowest BCUT2D eigenvalue weighted by molar-refractivity contribution is 0.0748. The maximum atomic E-state index is 13.6. The molecule has 0 unspecified atom stereocenters. The number of para-hydroxylation sites is 1. The van der Waals surface area contributed by atoms with Gasteiger partial charge in [-0.25, -0.2) is 4.98 Å². The molecule has 0 N–H and O–H groups in total. The van der Waals surface area contributed by atoms with E-state index in [2.05, 4.69) is 10.00 Å². The maximum absolute atomic E-state index is 13.6. The predicted octanol–water partition coefficient (Wildman–Crippen LogP) is 4.62. The van der Waals surface area contributed by atoms with E-state index in [9.17, 15) is 4.79 Å². The van der Waals surface area contributed by atoms with Gasteiger partial charge in [-0.1, -0.05) is 29.8 Å². The maximum Gasteiger partial charge on any atom is 0.254 e. The largest absolute Gasteiger partial charge is 0.367 e. The van der Waals surface area contributed by atoms with E-state index in [0.29, 0.717) is 18.7 Å². The molecule has 0 saturated carbocycles. The Labute approximate surface area is 189 Å². The first-order valence-electron chi connectivity index (χ1n) is 10.2. The number of nitrogens with zero attached hydrogens (tertiary/aromatic N) is 5. The molecule has 31 heavy (non-hydrogen) atoms. The number of pyridine rings is 1. The van der Waals surface area contributed by atoms with Gasteiger partial charge in [0.25, 0.3) is 5.91 Å². The van der Waals surface area contributed by atoms with Gasteiger partial charge in [-0.15, -0.1) is 11.3 Å². The first-order chi connectivity index (χ1) is 15.0.